The van der Waals surface area contributed by atoms with Crippen molar-refractivity contribution in [2.75, 3.05) is 5.32 Å². The number of anilines is 1. The number of nitrogens with zero attached hydrogens (tertiary/aromatic N) is 1. The van der Waals surface area contributed by atoms with Gasteiger partial charge in [0.15, 0.2) is 0 Å². The fourth-order valence-electron chi connectivity index (χ4n) is 2.50. The van der Waals surface area contributed by atoms with E-state index in [1.54, 1.807) is 12.1 Å². The number of thiophene rings is 1. The molecule has 1 aromatic heterocycles. The van der Waals surface area contributed by atoms with Crippen LogP contribution < -0.4 is 5.32 Å². The molecule has 136 valence electrons. The average molecular weight is 374 g/mol. The number of carbonyl (C=O) groups is 2. The van der Waals surface area contributed by atoms with Crippen molar-refractivity contribution in [3.63, 3.8) is 0 Å². The molecule has 1 saturated carbocycles. The Labute approximate surface area is 154 Å². The molecule has 1 N–H and O–H groups in total. The molecule has 1 fully saturated rings. The van der Waals surface area contributed by atoms with Crippen molar-refractivity contribution in [1.82, 2.24) is 0 Å². The van der Waals surface area contributed by atoms with E-state index >= 15 is 0 Å². The Balaban J connectivity index is 1.74. The number of hydrogen-bond acceptors (Lipinski definition) is 6. The average Bonchev–Trinajstić information content (AvgIpc) is 3.41. The standard InChI is InChI=1S/C18H18N2O5S/c1-10-11(2)26-17(19-16(21)13-6-7-13)15(10)18(22)25-9-12-4-3-5-14(8-12)20(23)24/h3-5,8,13H,6-7,9H2,1-2H3,(H,19,21). The number of esters is 1. The molecule has 1 heterocycles. The smallest absolute Gasteiger partial charge is 0.341 e. The van der Waals surface area contributed by atoms with E-state index in [0.29, 0.717) is 16.1 Å². The van der Waals surface area contributed by atoms with Crippen molar-refractivity contribution in [3.05, 3.63) is 55.9 Å². The van der Waals surface area contributed by atoms with Gasteiger partial charge in [0.25, 0.3) is 5.69 Å². The number of ether oxygens (including phenoxy) is 1. The van der Waals surface area contributed by atoms with E-state index in [1.807, 2.05) is 13.8 Å². The molecular weight excluding hydrogens is 356 g/mol. The second-order valence-corrected chi connectivity index (χ2v) is 7.48. The van der Waals surface area contributed by atoms with Gasteiger partial charge >= 0.3 is 5.97 Å². The minimum Gasteiger partial charge on any atom is -0.457 e. The number of hydrogen-bond donors (Lipinski definition) is 1. The second-order valence-electron chi connectivity index (χ2n) is 6.25. The van der Waals surface area contributed by atoms with Crippen LogP contribution in [0, 0.1) is 29.9 Å². The number of benzene rings is 1. The minimum atomic E-state index is -0.551. The normalized spacial score (nSPS) is 13.3. The van der Waals surface area contributed by atoms with Crippen molar-refractivity contribution < 1.29 is 19.2 Å². The summed E-state index contributed by atoms with van der Waals surface area (Å²) in [5.74, 6) is -0.588. The molecule has 1 amide bonds. The zero-order valence-electron chi connectivity index (χ0n) is 14.4. The summed E-state index contributed by atoms with van der Waals surface area (Å²) < 4.78 is 5.34. The van der Waals surface area contributed by atoms with Crippen molar-refractivity contribution >= 4 is 33.9 Å². The molecule has 0 unspecified atom stereocenters. The molecular formula is C18H18N2O5S. The van der Waals surface area contributed by atoms with Gasteiger partial charge in [-0.15, -0.1) is 11.3 Å². The molecule has 0 spiro atoms. The number of amides is 1. The highest BCUT2D eigenvalue weighted by Crippen LogP contribution is 2.36. The van der Waals surface area contributed by atoms with Gasteiger partial charge in [-0.25, -0.2) is 4.79 Å². The van der Waals surface area contributed by atoms with Crippen LogP contribution in [0.25, 0.3) is 0 Å². The Hall–Kier alpha value is -2.74. The van der Waals surface area contributed by atoms with E-state index in [-0.39, 0.29) is 24.1 Å². The topological polar surface area (TPSA) is 98.5 Å². The van der Waals surface area contributed by atoms with Crippen molar-refractivity contribution in [2.24, 2.45) is 5.92 Å². The molecule has 3 rings (SSSR count). The molecule has 1 aliphatic carbocycles. The van der Waals surface area contributed by atoms with Crippen LogP contribution in [0.15, 0.2) is 24.3 Å². The first kappa shape index (κ1) is 18.1. The maximum absolute atomic E-state index is 12.6. The van der Waals surface area contributed by atoms with Crippen molar-refractivity contribution in [1.29, 1.82) is 0 Å². The number of rotatable bonds is 6. The lowest BCUT2D eigenvalue weighted by molar-refractivity contribution is -0.384. The molecule has 1 aromatic carbocycles. The fourth-order valence-corrected chi connectivity index (χ4v) is 3.55. The molecule has 0 saturated heterocycles. The number of non-ortho nitro benzene ring substituents is 1. The third-order valence-electron chi connectivity index (χ3n) is 4.27. The molecule has 7 nitrogen and oxygen atoms in total. The van der Waals surface area contributed by atoms with Crippen molar-refractivity contribution in [3.8, 4) is 0 Å². The minimum absolute atomic E-state index is 0.0338. The highest BCUT2D eigenvalue weighted by molar-refractivity contribution is 7.16. The summed E-state index contributed by atoms with van der Waals surface area (Å²) in [4.78, 5) is 35.8. The Morgan fingerprint density at radius 2 is 2.08 bits per heavy atom. The predicted molar refractivity (Wildman–Crippen MR) is 97.4 cm³/mol. The Bertz CT molecular complexity index is 886. The van der Waals surface area contributed by atoms with Gasteiger partial charge in [0.1, 0.15) is 11.6 Å². The van der Waals surface area contributed by atoms with Gasteiger partial charge in [-0.3, -0.25) is 14.9 Å². The molecule has 0 aliphatic heterocycles. The van der Waals surface area contributed by atoms with Crippen LogP contribution in [0.5, 0.6) is 0 Å². The van der Waals surface area contributed by atoms with Crippen molar-refractivity contribution in [2.45, 2.75) is 33.3 Å². The molecule has 0 bridgehead atoms. The van der Waals surface area contributed by atoms with Crippen LogP contribution in [-0.2, 0) is 16.1 Å². The monoisotopic (exact) mass is 374 g/mol. The highest BCUT2D eigenvalue weighted by Gasteiger charge is 2.31. The van der Waals surface area contributed by atoms with E-state index < -0.39 is 10.9 Å². The lowest BCUT2D eigenvalue weighted by atomic mass is 10.1. The van der Waals surface area contributed by atoms with Gasteiger partial charge in [-0.2, -0.15) is 0 Å². The first-order chi connectivity index (χ1) is 12.4. The van der Waals surface area contributed by atoms with Gasteiger partial charge in [0, 0.05) is 22.9 Å². The van der Waals surface area contributed by atoms with E-state index in [4.69, 9.17) is 4.74 Å². The lowest BCUT2D eigenvalue weighted by Gasteiger charge is -2.08. The van der Waals surface area contributed by atoms with Gasteiger partial charge < -0.3 is 10.1 Å². The summed E-state index contributed by atoms with van der Waals surface area (Å²) in [6, 6.07) is 5.95. The van der Waals surface area contributed by atoms with Crippen LogP contribution in [0.2, 0.25) is 0 Å². The number of aryl methyl sites for hydroxylation is 1. The molecule has 2 aromatic rings. The first-order valence-corrected chi connectivity index (χ1v) is 8.99. The zero-order chi connectivity index (χ0) is 18.8. The first-order valence-electron chi connectivity index (χ1n) is 8.18. The van der Waals surface area contributed by atoms with Gasteiger partial charge in [0.05, 0.1) is 10.5 Å². The van der Waals surface area contributed by atoms with Gasteiger partial charge in [-0.1, -0.05) is 12.1 Å². The highest BCUT2D eigenvalue weighted by atomic mass is 32.1. The molecule has 26 heavy (non-hydrogen) atoms. The maximum Gasteiger partial charge on any atom is 0.341 e. The fraction of sp³-hybridized carbons (Fsp3) is 0.333. The van der Waals surface area contributed by atoms with Crippen LogP contribution in [0.3, 0.4) is 0 Å². The Kier molecular flexibility index (Phi) is 5.03. The summed E-state index contributed by atoms with van der Waals surface area (Å²) >= 11 is 1.35. The molecule has 1 aliphatic rings. The third-order valence-corrected chi connectivity index (χ3v) is 5.39. The number of nitro benzene ring substituents is 1. The SMILES string of the molecule is Cc1sc(NC(=O)C2CC2)c(C(=O)OCc2cccc([N+](=O)[O-])c2)c1C. The molecule has 0 atom stereocenters. The predicted octanol–water partition coefficient (Wildman–Crippen LogP) is 3.98. The van der Waals surface area contributed by atoms with Gasteiger partial charge in [0.2, 0.25) is 5.91 Å². The number of nitrogens with one attached hydrogen (secondary N) is 1. The van der Waals surface area contributed by atoms with Crippen LogP contribution >= 0.6 is 11.3 Å². The van der Waals surface area contributed by atoms with E-state index in [9.17, 15) is 19.7 Å². The van der Waals surface area contributed by atoms with E-state index in [0.717, 1.165) is 23.3 Å². The van der Waals surface area contributed by atoms with E-state index in [2.05, 4.69) is 5.32 Å². The second kappa shape index (κ2) is 7.25. The largest absolute Gasteiger partial charge is 0.457 e. The summed E-state index contributed by atoms with van der Waals surface area (Å²) in [5.41, 5.74) is 1.59. The quantitative estimate of drug-likeness (QED) is 0.468. The van der Waals surface area contributed by atoms with Crippen LogP contribution in [0.4, 0.5) is 10.7 Å². The summed E-state index contributed by atoms with van der Waals surface area (Å²) in [7, 11) is 0. The number of carbonyl (C=O) groups excluding carboxylic acids is 2. The Morgan fingerprint density at radius 3 is 2.73 bits per heavy atom. The molecule has 0 radical (unpaired) electrons. The zero-order valence-corrected chi connectivity index (χ0v) is 15.2. The summed E-state index contributed by atoms with van der Waals surface area (Å²) in [5, 5.41) is 14.2. The third kappa shape index (κ3) is 3.91. The Morgan fingerprint density at radius 1 is 1.35 bits per heavy atom. The number of nitro groups is 1. The molecule has 8 heteroatoms. The van der Waals surface area contributed by atoms with Gasteiger partial charge in [-0.05, 0) is 37.8 Å². The van der Waals surface area contributed by atoms with E-state index in [1.165, 1.54) is 23.5 Å². The maximum atomic E-state index is 12.6. The lowest BCUT2D eigenvalue weighted by Crippen LogP contribution is -2.16. The van der Waals surface area contributed by atoms with Crippen LogP contribution in [0.1, 0.15) is 39.2 Å². The summed E-state index contributed by atoms with van der Waals surface area (Å²) in [6.45, 7) is 3.61. The summed E-state index contributed by atoms with van der Waals surface area (Å²) in [6.07, 6.45) is 1.75. The van der Waals surface area contributed by atoms with Crippen LogP contribution in [-0.4, -0.2) is 16.8 Å².